The van der Waals surface area contributed by atoms with Crippen LogP contribution in [0.4, 0.5) is 17.2 Å². The monoisotopic (exact) mass is 342 g/mol. The lowest BCUT2D eigenvalue weighted by Gasteiger charge is -2.36. The van der Waals surface area contributed by atoms with Crippen LogP contribution in [0.5, 0.6) is 0 Å². The fourth-order valence-electron chi connectivity index (χ4n) is 2.89. The average Bonchev–Trinajstić information content (AvgIpc) is 2.67. The van der Waals surface area contributed by atoms with Gasteiger partial charge in [-0.1, -0.05) is 6.07 Å². The number of aromatic nitrogens is 1. The summed E-state index contributed by atoms with van der Waals surface area (Å²) in [6.45, 7) is 3.02. The molecular formula is C17H18N4O4. The van der Waals surface area contributed by atoms with Crippen LogP contribution >= 0.6 is 0 Å². The summed E-state index contributed by atoms with van der Waals surface area (Å²) in [6.07, 6.45) is 1.76. The van der Waals surface area contributed by atoms with Gasteiger partial charge in [0.15, 0.2) is 0 Å². The zero-order valence-corrected chi connectivity index (χ0v) is 13.8. The van der Waals surface area contributed by atoms with Crippen molar-refractivity contribution >= 4 is 23.2 Å². The van der Waals surface area contributed by atoms with Gasteiger partial charge in [0, 0.05) is 44.1 Å². The van der Waals surface area contributed by atoms with E-state index in [4.69, 9.17) is 0 Å². The first kappa shape index (κ1) is 16.7. The molecule has 8 nitrogen and oxygen atoms in total. The fourth-order valence-corrected chi connectivity index (χ4v) is 2.89. The van der Waals surface area contributed by atoms with Crippen molar-refractivity contribution in [2.45, 2.75) is 0 Å². The quantitative estimate of drug-likeness (QED) is 0.477. The van der Waals surface area contributed by atoms with E-state index in [9.17, 15) is 14.9 Å². The molecule has 0 N–H and O–H groups in total. The maximum Gasteiger partial charge on any atom is 0.344 e. The molecule has 1 saturated heterocycles. The molecule has 1 fully saturated rings. The number of methoxy groups -OCH3 is 1. The number of nitrogens with zero attached hydrogens (tertiary/aromatic N) is 4. The van der Waals surface area contributed by atoms with Gasteiger partial charge in [0.05, 0.1) is 12.0 Å². The van der Waals surface area contributed by atoms with Gasteiger partial charge in [-0.15, -0.1) is 0 Å². The summed E-state index contributed by atoms with van der Waals surface area (Å²) >= 11 is 0. The second-order valence-electron chi connectivity index (χ2n) is 5.61. The van der Waals surface area contributed by atoms with E-state index in [2.05, 4.69) is 19.5 Å². The summed E-state index contributed by atoms with van der Waals surface area (Å²) in [4.78, 5) is 31.0. The van der Waals surface area contributed by atoms with E-state index in [-0.39, 0.29) is 11.3 Å². The molecule has 2 aromatic rings. The number of anilines is 2. The number of carbonyl (C=O) groups excluding carboxylic acids is 1. The Hall–Kier alpha value is -3.16. The van der Waals surface area contributed by atoms with Crippen LogP contribution in [0.25, 0.3) is 0 Å². The van der Waals surface area contributed by atoms with Crippen molar-refractivity contribution in [2.75, 3.05) is 43.1 Å². The van der Waals surface area contributed by atoms with Gasteiger partial charge in [-0.3, -0.25) is 10.1 Å². The normalized spacial score (nSPS) is 14.3. The number of hydrogen-bond donors (Lipinski definition) is 0. The van der Waals surface area contributed by atoms with Crippen LogP contribution in [0.15, 0.2) is 42.6 Å². The number of carbonyl (C=O) groups is 1. The number of nitro benzene ring substituents is 1. The molecule has 1 aromatic carbocycles. The van der Waals surface area contributed by atoms with Crippen LogP contribution in [0, 0.1) is 10.1 Å². The van der Waals surface area contributed by atoms with Crippen molar-refractivity contribution in [3.63, 3.8) is 0 Å². The standard InChI is InChI=1S/C17H18N4O4/c1-25-17(22)14-12-13(5-6-15(14)21(23)24)19-8-10-20(11-9-19)16-4-2-3-7-18-16/h2-7,12H,8-11H2,1H3. The molecule has 130 valence electrons. The lowest BCUT2D eigenvalue weighted by atomic mass is 10.1. The summed E-state index contributed by atoms with van der Waals surface area (Å²) in [6, 6.07) is 10.4. The van der Waals surface area contributed by atoms with E-state index in [1.165, 1.54) is 19.2 Å². The zero-order valence-electron chi connectivity index (χ0n) is 13.8. The van der Waals surface area contributed by atoms with Crippen molar-refractivity contribution in [3.8, 4) is 0 Å². The first-order valence-corrected chi connectivity index (χ1v) is 7.88. The van der Waals surface area contributed by atoms with E-state index in [0.29, 0.717) is 0 Å². The van der Waals surface area contributed by atoms with Gasteiger partial charge in [0.2, 0.25) is 0 Å². The first-order valence-electron chi connectivity index (χ1n) is 7.88. The van der Waals surface area contributed by atoms with Gasteiger partial charge in [-0.05, 0) is 24.3 Å². The highest BCUT2D eigenvalue weighted by molar-refractivity contribution is 5.95. The molecule has 0 spiro atoms. The highest BCUT2D eigenvalue weighted by atomic mass is 16.6. The third-order valence-electron chi connectivity index (χ3n) is 4.20. The molecule has 0 atom stereocenters. The van der Waals surface area contributed by atoms with Crippen LogP contribution in [0.3, 0.4) is 0 Å². The minimum atomic E-state index is -0.708. The number of piperazine rings is 1. The highest BCUT2D eigenvalue weighted by Gasteiger charge is 2.24. The molecule has 1 aliphatic heterocycles. The molecule has 0 amide bonds. The Morgan fingerprint density at radius 2 is 1.88 bits per heavy atom. The van der Waals surface area contributed by atoms with Crippen molar-refractivity contribution < 1.29 is 14.5 Å². The van der Waals surface area contributed by atoms with Crippen molar-refractivity contribution in [1.29, 1.82) is 0 Å². The number of pyridine rings is 1. The van der Waals surface area contributed by atoms with E-state index >= 15 is 0 Å². The number of rotatable bonds is 4. The molecular weight excluding hydrogens is 324 g/mol. The number of ether oxygens (including phenoxy) is 1. The van der Waals surface area contributed by atoms with Crippen molar-refractivity contribution in [3.05, 3.63) is 58.3 Å². The largest absolute Gasteiger partial charge is 0.465 e. The predicted molar refractivity (Wildman–Crippen MR) is 93.1 cm³/mol. The Bertz CT molecular complexity index is 773. The zero-order chi connectivity index (χ0) is 17.8. The topological polar surface area (TPSA) is 88.8 Å². The van der Waals surface area contributed by atoms with E-state index in [0.717, 1.165) is 37.7 Å². The van der Waals surface area contributed by atoms with Crippen LogP contribution in [-0.2, 0) is 4.74 Å². The molecule has 3 rings (SSSR count). The maximum absolute atomic E-state index is 11.8. The Labute approximate surface area is 144 Å². The predicted octanol–water partition coefficient (Wildman–Crippen LogP) is 2.10. The van der Waals surface area contributed by atoms with Crippen LogP contribution in [0.1, 0.15) is 10.4 Å². The molecule has 0 unspecified atom stereocenters. The number of esters is 1. The van der Waals surface area contributed by atoms with Gasteiger partial charge in [-0.25, -0.2) is 9.78 Å². The highest BCUT2D eigenvalue weighted by Crippen LogP contribution is 2.27. The second kappa shape index (κ2) is 7.16. The molecule has 0 radical (unpaired) electrons. The van der Waals surface area contributed by atoms with Crippen molar-refractivity contribution in [2.24, 2.45) is 0 Å². The summed E-state index contributed by atoms with van der Waals surface area (Å²) in [5, 5.41) is 11.1. The maximum atomic E-state index is 11.8. The van der Waals surface area contributed by atoms with Crippen LogP contribution in [-0.4, -0.2) is 49.2 Å². The number of nitro groups is 1. The van der Waals surface area contributed by atoms with Crippen LogP contribution in [0.2, 0.25) is 0 Å². The van der Waals surface area contributed by atoms with Crippen LogP contribution < -0.4 is 9.80 Å². The van der Waals surface area contributed by atoms with Gasteiger partial charge in [0.1, 0.15) is 11.4 Å². The first-order chi connectivity index (χ1) is 12.1. The molecule has 1 aromatic heterocycles. The Morgan fingerprint density at radius 1 is 1.16 bits per heavy atom. The minimum Gasteiger partial charge on any atom is -0.465 e. The molecule has 25 heavy (non-hydrogen) atoms. The number of hydrogen-bond acceptors (Lipinski definition) is 7. The summed E-state index contributed by atoms with van der Waals surface area (Å²) in [5.41, 5.74) is 0.492. The molecule has 8 heteroatoms. The van der Waals surface area contributed by atoms with E-state index in [1.807, 2.05) is 18.2 Å². The van der Waals surface area contributed by atoms with Crippen molar-refractivity contribution in [1.82, 2.24) is 4.98 Å². The second-order valence-corrected chi connectivity index (χ2v) is 5.61. The Kier molecular flexibility index (Phi) is 4.78. The lowest BCUT2D eigenvalue weighted by molar-refractivity contribution is -0.385. The fraction of sp³-hybridized carbons (Fsp3) is 0.294. The summed E-state index contributed by atoms with van der Waals surface area (Å²) in [5.74, 6) is 0.224. The smallest absolute Gasteiger partial charge is 0.344 e. The Morgan fingerprint density at radius 3 is 2.48 bits per heavy atom. The summed E-state index contributed by atoms with van der Waals surface area (Å²) < 4.78 is 4.67. The molecule has 2 heterocycles. The van der Waals surface area contributed by atoms with Gasteiger partial charge in [-0.2, -0.15) is 0 Å². The van der Waals surface area contributed by atoms with E-state index < -0.39 is 10.9 Å². The number of benzene rings is 1. The van der Waals surface area contributed by atoms with Gasteiger partial charge in [0.25, 0.3) is 5.69 Å². The third kappa shape index (κ3) is 3.52. The lowest BCUT2D eigenvalue weighted by Crippen LogP contribution is -2.46. The van der Waals surface area contributed by atoms with Gasteiger partial charge >= 0.3 is 5.97 Å². The Balaban J connectivity index is 1.77. The summed E-state index contributed by atoms with van der Waals surface area (Å²) in [7, 11) is 1.21. The SMILES string of the molecule is COC(=O)c1cc(N2CCN(c3ccccn3)CC2)ccc1[N+](=O)[O-]. The molecule has 1 aliphatic rings. The van der Waals surface area contributed by atoms with Gasteiger partial charge < -0.3 is 14.5 Å². The minimum absolute atomic E-state index is 0.0304. The molecule has 0 bridgehead atoms. The van der Waals surface area contributed by atoms with E-state index in [1.54, 1.807) is 12.3 Å². The molecule has 0 aliphatic carbocycles. The average molecular weight is 342 g/mol. The molecule has 0 saturated carbocycles. The third-order valence-corrected chi connectivity index (χ3v) is 4.20.